The molecule has 104 valence electrons. The van der Waals surface area contributed by atoms with Crippen molar-refractivity contribution in [2.75, 3.05) is 5.32 Å². The Morgan fingerprint density at radius 3 is 2.90 bits per heavy atom. The standard InChI is InChI=1S/C14H14ClN3S2/c1-3-9-6-10-12(17-14(15)18-13(10)20-9)16-7-11-8(2)4-5-19-11/h4-6H,3,7H2,1-2H3,(H,16,17,18). The van der Waals surface area contributed by atoms with Crippen molar-refractivity contribution >= 4 is 50.3 Å². The zero-order chi connectivity index (χ0) is 14.1. The molecule has 0 atom stereocenters. The van der Waals surface area contributed by atoms with Crippen molar-refractivity contribution < 1.29 is 0 Å². The van der Waals surface area contributed by atoms with Gasteiger partial charge in [0.1, 0.15) is 10.6 Å². The lowest BCUT2D eigenvalue weighted by atomic mass is 10.3. The van der Waals surface area contributed by atoms with Gasteiger partial charge < -0.3 is 5.32 Å². The van der Waals surface area contributed by atoms with Gasteiger partial charge in [0.2, 0.25) is 5.28 Å². The Morgan fingerprint density at radius 2 is 2.20 bits per heavy atom. The summed E-state index contributed by atoms with van der Waals surface area (Å²) in [6, 6.07) is 4.28. The van der Waals surface area contributed by atoms with Crippen LogP contribution in [0.5, 0.6) is 0 Å². The molecule has 0 aliphatic heterocycles. The van der Waals surface area contributed by atoms with Crippen molar-refractivity contribution in [3.8, 4) is 0 Å². The summed E-state index contributed by atoms with van der Waals surface area (Å²) < 4.78 is 0. The molecule has 1 N–H and O–H groups in total. The fourth-order valence-corrected chi connectivity index (χ4v) is 4.04. The van der Waals surface area contributed by atoms with Crippen molar-refractivity contribution in [3.05, 3.63) is 38.1 Å². The summed E-state index contributed by atoms with van der Waals surface area (Å²) >= 11 is 9.45. The number of nitrogens with zero attached hydrogens (tertiary/aromatic N) is 2. The molecular formula is C14H14ClN3S2. The SMILES string of the molecule is CCc1cc2c(NCc3sccc3C)nc(Cl)nc2s1. The van der Waals surface area contributed by atoms with E-state index in [2.05, 4.69) is 46.6 Å². The lowest BCUT2D eigenvalue weighted by Crippen LogP contribution is -2.02. The number of aromatic nitrogens is 2. The van der Waals surface area contributed by atoms with Gasteiger partial charge in [0.25, 0.3) is 0 Å². The van der Waals surface area contributed by atoms with Gasteiger partial charge in [-0.15, -0.1) is 22.7 Å². The number of halogens is 1. The Bertz CT molecular complexity index is 748. The molecule has 0 bridgehead atoms. The monoisotopic (exact) mass is 323 g/mol. The molecular weight excluding hydrogens is 310 g/mol. The number of aryl methyl sites for hydroxylation is 2. The smallest absolute Gasteiger partial charge is 0.225 e. The number of nitrogens with one attached hydrogen (secondary N) is 1. The predicted molar refractivity (Wildman–Crippen MR) is 88.2 cm³/mol. The third-order valence-electron chi connectivity index (χ3n) is 3.15. The summed E-state index contributed by atoms with van der Waals surface area (Å²) in [4.78, 5) is 12.2. The second-order valence-corrected chi connectivity index (χ2v) is 6.96. The van der Waals surface area contributed by atoms with Crippen LogP contribution in [0.2, 0.25) is 5.28 Å². The highest BCUT2D eigenvalue weighted by molar-refractivity contribution is 7.18. The van der Waals surface area contributed by atoms with Gasteiger partial charge in [-0.1, -0.05) is 6.92 Å². The van der Waals surface area contributed by atoms with Crippen LogP contribution in [-0.4, -0.2) is 9.97 Å². The summed E-state index contributed by atoms with van der Waals surface area (Å²) in [6.07, 6.45) is 1.00. The quantitative estimate of drug-likeness (QED) is 0.695. The number of hydrogen-bond acceptors (Lipinski definition) is 5. The van der Waals surface area contributed by atoms with E-state index in [0.29, 0.717) is 5.28 Å². The fourth-order valence-electron chi connectivity index (χ4n) is 2.00. The minimum absolute atomic E-state index is 0.299. The molecule has 0 saturated carbocycles. The van der Waals surface area contributed by atoms with Crippen LogP contribution in [0.15, 0.2) is 17.5 Å². The van der Waals surface area contributed by atoms with Gasteiger partial charge in [-0.25, -0.2) is 9.97 Å². The van der Waals surface area contributed by atoms with E-state index in [1.54, 1.807) is 22.7 Å². The fraction of sp³-hybridized carbons (Fsp3) is 0.286. The van der Waals surface area contributed by atoms with Crippen LogP contribution >= 0.6 is 34.3 Å². The van der Waals surface area contributed by atoms with E-state index >= 15 is 0 Å². The maximum atomic E-state index is 6.02. The normalized spacial score (nSPS) is 11.2. The first-order valence-electron chi connectivity index (χ1n) is 6.40. The number of fused-ring (bicyclic) bond motifs is 1. The largest absolute Gasteiger partial charge is 0.364 e. The first-order chi connectivity index (χ1) is 9.67. The van der Waals surface area contributed by atoms with Crippen LogP contribution in [0, 0.1) is 6.92 Å². The zero-order valence-electron chi connectivity index (χ0n) is 11.2. The molecule has 0 unspecified atom stereocenters. The lowest BCUT2D eigenvalue weighted by Gasteiger charge is -2.06. The number of rotatable bonds is 4. The number of hydrogen-bond donors (Lipinski definition) is 1. The highest BCUT2D eigenvalue weighted by Crippen LogP contribution is 2.31. The number of thiophene rings is 2. The molecule has 6 heteroatoms. The minimum atomic E-state index is 0.299. The second-order valence-electron chi connectivity index (χ2n) is 4.51. The average Bonchev–Trinajstić information content (AvgIpc) is 3.01. The lowest BCUT2D eigenvalue weighted by molar-refractivity contribution is 1.12. The van der Waals surface area contributed by atoms with Gasteiger partial charge in [0.05, 0.1) is 11.9 Å². The molecule has 0 amide bonds. The molecule has 0 aromatic carbocycles. The molecule has 0 saturated heterocycles. The maximum absolute atomic E-state index is 6.02. The first-order valence-corrected chi connectivity index (χ1v) is 8.47. The van der Waals surface area contributed by atoms with E-state index < -0.39 is 0 Å². The van der Waals surface area contributed by atoms with E-state index in [1.165, 1.54) is 15.3 Å². The summed E-state index contributed by atoms with van der Waals surface area (Å²) in [5.74, 6) is 0.823. The molecule has 3 aromatic rings. The Morgan fingerprint density at radius 1 is 1.35 bits per heavy atom. The minimum Gasteiger partial charge on any atom is -0.364 e. The average molecular weight is 324 g/mol. The van der Waals surface area contributed by atoms with Crippen LogP contribution in [0.25, 0.3) is 10.2 Å². The molecule has 20 heavy (non-hydrogen) atoms. The Balaban J connectivity index is 1.93. The van der Waals surface area contributed by atoms with Gasteiger partial charge >= 0.3 is 0 Å². The van der Waals surface area contributed by atoms with Crippen molar-refractivity contribution in [3.63, 3.8) is 0 Å². The second kappa shape index (κ2) is 5.68. The molecule has 0 spiro atoms. The maximum Gasteiger partial charge on any atom is 0.225 e. The van der Waals surface area contributed by atoms with E-state index in [1.807, 2.05) is 0 Å². The number of anilines is 1. The summed E-state index contributed by atoms with van der Waals surface area (Å²) in [6.45, 7) is 5.03. The molecule has 3 heterocycles. The molecule has 0 fully saturated rings. The summed E-state index contributed by atoms with van der Waals surface area (Å²) in [7, 11) is 0. The van der Waals surface area contributed by atoms with E-state index in [-0.39, 0.29) is 0 Å². The predicted octanol–water partition coefficient (Wildman–Crippen LogP) is 4.89. The van der Waals surface area contributed by atoms with E-state index in [4.69, 9.17) is 11.6 Å². The topological polar surface area (TPSA) is 37.8 Å². The Hall–Kier alpha value is -1.17. The van der Waals surface area contributed by atoms with Crippen LogP contribution in [0.4, 0.5) is 5.82 Å². The van der Waals surface area contributed by atoms with Gasteiger partial charge in [0, 0.05) is 9.75 Å². The molecule has 3 aromatic heterocycles. The first kappa shape index (κ1) is 13.8. The molecule has 3 rings (SSSR count). The highest BCUT2D eigenvalue weighted by Gasteiger charge is 2.11. The van der Waals surface area contributed by atoms with Crippen LogP contribution < -0.4 is 5.32 Å². The summed E-state index contributed by atoms with van der Waals surface area (Å²) in [5, 5.41) is 6.86. The van der Waals surface area contributed by atoms with Gasteiger partial charge in [-0.2, -0.15) is 0 Å². The zero-order valence-corrected chi connectivity index (χ0v) is 13.6. The highest BCUT2D eigenvalue weighted by atomic mass is 35.5. The van der Waals surface area contributed by atoms with E-state index in [0.717, 1.165) is 29.0 Å². The van der Waals surface area contributed by atoms with Crippen molar-refractivity contribution in [2.45, 2.75) is 26.8 Å². The molecule has 0 aliphatic carbocycles. The molecule has 0 aliphatic rings. The van der Waals surface area contributed by atoms with Crippen LogP contribution in [0.1, 0.15) is 22.2 Å². The van der Waals surface area contributed by atoms with Crippen LogP contribution in [-0.2, 0) is 13.0 Å². The van der Waals surface area contributed by atoms with E-state index in [9.17, 15) is 0 Å². The van der Waals surface area contributed by atoms with Crippen LogP contribution in [0.3, 0.4) is 0 Å². The molecule has 0 radical (unpaired) electrons. The van der Waals surface area contributed by atoms with Gasteiger partial charge in [-0.05, 0) is 48.0 Å². The summed E-state index contributed by atoms with van der Waals surface area (Å²) in [5.41, 5.74) is 1.30. The third-order valence-corrected chi connectivity index (χ3v) is 5.51. The van der Waals surface area contributed by atoms with Crippen molar-refractivity contribution in [1.82, 2.24) is 9.97 Å². The third kappa shape index (κ3) is 2.66. The van der Waals surface area contributed by atoms with Gasteiger partial charge in [-0.3, -0.25) is 0 Å². The van der Waals surface area contributed by atoms with Crippen molar-refractivity contribution in [2.24, 2.45) is 0 Å². The Kier molecular flexibility index (Phi) is 3.92. The van der Waals surface area contributed by atoms with Gasteiger partial charge in [0.15, 0.2) is 0 Å². The molecule has 3 nitrogen and oxygen atoms in total. The van der Waals surface area contributed by atoms with Crippen molar-refractivity contribution in [1.29, 1.82) is 0 Å². The Labute approximate surface area is 130 Å².